The van der Waals surface area contributed by atoms with Crippen LogP contribution in [0.1, 0.15) is 116 Å². The van der Waals surface area contributed by atoms with Gasteiger partial charge in [0.25, 0.3) is 0 Å². The van der Waals surface area contributed by atoms with Crippen molar-refractivity contribution in [3.63, 3.8) is 0 Å². The number of unbranched alkanes of at least 4 members (excludes halogenated alkanes) is 3. The molecule has 2 N–H and O–H groups in total. The van der Waals surface area contributed by atoms with Gasteiger partial charge in [0.15, 0.2) is 0 Å². The fraction of sp³-hybridized carbons (Fsp3) is 0.710. The molecule has 3 amide bonds. The Balaban J connectivity index is 2.44. The Morgan fingerprint density at radius 2 is 1.74 bits per heavy atom. The zero-order valence-corrected chi connectivity index (χ0v) is 24.8. The molecule has 2 unspecified atom stereocenters. The molecule has 0 heterocycles. The quantitative estimate of drug-likeness (QED) is 0.305. The Morgan fingerprint density at radius 3 is 2.32 bits per heavy atom. The van der Waals surface area contributed by atoms with Gasteiger partial charge < -0.3 is 20.3 Å². The molecule has 7 heteroatoms. The van der Waals surface area contributed by atoms with Crippen LogP contribution in [0.15, 0.2) is 24.3 Å². The maximum absolute atomic E-state index is 14.2. The van der Waals surface area contributed by atoms with Gasteiger partial charge in [-0.2, -0.15) is 0 Å². The second-order valence-corrected chi connectivity index (χ2v) is 12.1. The summed E-state index contributed by atoms with van der Waals surface area (Å²) in [5.74, 6) is -0.591. The summed E-state index contributed by atoms with van der Waals surface area (Å²) in [7, 11) is 0. The summed E-state index contributed by atoms with van der Waals surface area (Å²) < 4.78 is 5.47. The van der Waals surface area contributed by atoms with E-state index in [4.69, 9.17) is 4.74 Å². The third-order valence-electron chi connectivity index (χ3n) is 7.01. The first-order valence-electron chi connectivity index (χ1n) is 14.6. The Hall–Kier alpha value is -2.57. The van der Waals surface area contributed by atoms with Crippen molar-refractivity contribution in [3.05, 3.63) is 35.4 Å². The minimum absolute atomic E-state index is 0.126. The molecule has 1 saturated carbocycles. The van der Waals surface area contributed by atoms with Gasteiger partial charge in [-0.3, -0.25) is 9.59 Å². The first kappa shape index (κ1) is 31.6. The number of nitrogens with one attached hydrogen (secondary N) is 2. The summed E-state index contributed by atoms with van der Waals surface area (Å²) >= 11 is 0. The van der Waals surface area contributed by atoms with Crippen molar-refractivity contribution in [2.75, 3.05) is 6.54 Å². The van der Waals surface area contributed by atoms with Crippen LogP contribution in [0, 0.1) is 12.8 Å². The van der Waals surface area contributed by atoms with Crippen LogP contribution in [0.3, 0.4) is 0 Å². The molecule has 0 bridgehead atoms. The number of hydrogen-bond acceptors (Lipinski definition) is 4. The van der Waals surface area contributed by atoms with E-state index in [1.807, 2.05) is 45.0 Å². The largest absolute Gasteiger partial charge is 0.444 e. The molecule has 0 aromatic heterocycles. The topological polar surface area (TPSA) is 87.7 Å². The molecular weight excluding hydrogens is 478 g/mol. The van der Waals surface area contributed by atoms with Gasteiger partial charge in [-0.1, -0.05) is 89.1 Å². The zero-order valence-electron chi connectivity index (χ0n) is 24.8. The van der Waals surface area contributed by atoms with Crippen molar-refractivity contribution < 1.29 is 19.1 Å². The average Bonchev–Trinajstić information content (AvgIpc) is 2.83. The molecule has 0 spiro atoms. The number of benzene rings is 1. The van der Waals surface area contributed by atoms with E-state index in [1.54, 1.807) is 25.7 Å². The van der Waals surface area contributed by atoms with Crippen molar-refractivity contribution in [1.29, 1.82) is 0 Å². The summed E-state index contributed by atoms with van der Waals surface area (Å²) in [6.45, 7) is 13.8. The number of hydrogen-bond donors (Lipinski definition) is 2. The van der Waals surface area contributed by atoms with Gasteiger partial charge in [0.05, 0.1) is 0 Å². The van der Waals surface area contributed by atoms with Gasteiger partial charge in [0.2, 0.25) is 11.8 Å². The van der Waals surface area contributed by atoms with Crippen LogP contribution in [0.5, 0.6) is 0 Å². The molecule has 1 aromatic rings. The lowest BCUT2D eigenvalue weighted by atomic mass is 9.94. The number of carbonyl (C=O) groups excluding carboxylic acids is 3. The normalized spacial score (nSPS) is 16.0. The molecule has 0 radical (unpaired) electrons. The molecular formula is C31H51N3O4. The fourth-order valence-corrected chi connectivity index (χ4v) is 5.04. The lowest BCUT2D eigenvalue weighted by Gasteiger charge is -2.36. The van der Waals surface area contributed by atoms with Gasteiger partial charge >= 0.3 is 6.09 Å². The van der Waals surface area contributed by atoms with Crippen LogP contribution >= 0.6 is 0 Å². The number of amides is 3. The van der Waals surface area contributed by atoms with E-state index in [0.29, 0.717) is 6.54 Å². The van der Waals surface area contributed by atoms with Crippen LogP contribution in [-0.2, 0) is 14.3 Å². The minimum atomic E-state index is -0.814. The highest BCUT2D eigenvalue weighted by molar-refractivity contribution is 5.92. The highest BCUT2D eigenvalue weighted by atomic mass is 16.6. The Labute approximate surface area is 230 Å². The summed E-state index contributed by atoms with van der Waals surface area (Å²) in [6, 6.07) is 6.39. The van der Waals surface area contributed by atoms with Gasteiger partial charge in [0, 0.05) is 12.6 Å². The average molecular weight is 530 g/mol. The van der Waals surface area contributed by atoms with Gasteiger partial charge in [-0.25, -0.2) is 4.79 Å². The fourth-order valence-electron chi connectivity index (χ4n) is 5.04. The number of carbonyl (C=O) groups is 3. The molecule has 1 fully saturated rings. The highest BCUT2D eigenvalue weighted by Crippen LogP contribution is 2.27. The molecule has 7 nitrogen and oxygen atoms in total. The van der Waals surface area contributed by atoms with Crippen molar-refractivity contribution in [2.45, 2.75) is 130 Å². The van der Waals surface area contributed by atoms with E-state index >= 15 is 0 Å². The monoisotopic (exact) mass is 529 g/mol. The molecule has 2 rings (SSSR count). The first-order valence-corrected chi connectivity index (χ1v) is 14.6. The molecule has 1 aliphatic rings. The number of aryl methyl sites for hydroxylation is 1. The SMILES string of the molecule is CCCCCCN(C(=O)C(NC(=O)OC(C)(C)C)C(C)C)C(C(=O)NC1CCCCC1)c1cccc(C)c1. The molecule has 214 valence electrons. The summed E-state index contributed by atoms with van der Waals surface area (Å²) in [5.41, 5.74) is 1.14. The standard InChI is InChI=1S/C31H51N3O4/c1-8-9-10-14-20-34(29(36)26(22(2)3)33-30(37)38-31(5,6)7)27(24-17-15-16-23(4)21-24)28(35)32-25-18-12-11-13-19-25/h15-17,21-22,25-27H,8-14,18-20H2,1-7H3,(H,32,35)(H,33,37). The van der Waals surface area contributed by atoms with E-state index in [-0.39, 0.29) is 23.8 Å². The van der Waals surface area contributed by atoms with Crippen LogP contribution < -0.4 is 10.6 Å². The maximum atomic E-state index is 14.2. The molecule has 38 heavy (non-hydrogen) atoms. The Kier molecular flexibility index (Phi) is 12.6. The summed E-state index contributed by atoms with van der Waals surface area (Å²) in [5, 5.41) is 6.08. The lowest BCUT2D eigenvalue weighted by Crippen LogP contribution is -2.55. The second kappa shape index (κ2) is 15.1. The summed E-state index contributed by atoms with van der Waals surface area (Å²) in [6.07, 6.45) is 8.60. The molecule has 1 aliphatic carbocycles. The minimum Gasteiger partial charge on any atom is -0.444 e. The van der Waals surface area contributed by atoms with Gasteiger partial charge in [-0.15, -0.1) is 0 Å². The first-order chi connectivity index (χ1) is 17.9. The molecule has 2 atom stereocenters. The lowest BCUT2D eigenvalue weighted by molar-refractivity contribution is -0.143. The Bertz CT molecular complexity index is 903. The van der Waals surface area contributed by atoms with Crippen molar-refractivity contribution in [2.24, 2.45) is 5.92 Å². The van der Waals surface area contributed by atoms with E-state index < -0.39 is 23.8 Å². The summed E-state index contributed by atoms with van der Waals surface area (Å²) in [4.78, 5) is 42.6. The predicted molar refractivity (Wildman–Crippen MR) is 153 cm³/mol. The van der Waals surface area contributed by atoms with Crippen molar-refractivity contribution in [3.8, 4) is 0 Å². The maximum Gasteiger partial charge on any atom is 0.408 e. The smallest absolute Gasteiger partial charge is 0.408 e. The van der Waals surface area contributed by atoms with Crippen molar-refractivity contribution in [1.82, 2.24) is 15.5 Å². The molecule has 0 saturated heterocycles. The molecule has 1 aromatic carbocycles. The number of nitrogens with zero attached hydrogens (tertiary/aromatic N) is 1. The zero-order chi connectivity index (χ0) is 28.3. The van der Waals surface area contributed by atoms with E-state index in [1.165, 1.54) is 6.42 Å². The van der Waals surface area contributed by atoms with Crippen LogP contribution in [0.2, 0.25) is 0 Å². The van der Waals surface area contributed by atoms with E-state index in [9.17, 15) is 14.4 Å². The third kappa shape index (κ3) is 10.3. The van der Waals surface area contributed by atoms with Crippen LogP contribution in [0.25, 0.3) is 0 Å². The Morgan fingerprint density at radius 1 is 1.05 bits per heavy atom. The highest BCUT2D eigenvalue weighted by Gasteiger charge is 2.38. The van der Waals surface area contributed by atoms with E-state index in [0.717, 1.165) is 62.5 Å². The van der Waals surface area contributed by atoms with Crippen LogP contribution in [0.4, 0.5) is 4.79 Å². The number of alkyl carbamates (subject to hydrolysis) is 1. The number of rotatable bonds is 12. The van der Waals surface area contributed by atoms with Crippen molar-refractivity contribution >= 4 is 17.9 Å². The van der Waals surface area contributed by atoms with Gasteiger partial charge in [0.1, 0.15) is 17.7 Å². The second-order valence-electron chi connectivity index (χ2n) is 12.1. The molecule has 0 aliphatic heterocycles. The predicted octanol–water partition coefficient (Wildman–Crippen LogP) is 6.44. The third-order valence-corrected chi connectivity index (χ3v) is 7.01. The van der Waals surface area contributed by atoms with Gasteiger partial charge in [-0.05, 0) is 58.4 Å². The number of ether oxygens (including phenoxy) is 1. The van der Waals surface area contributed by atoms with Crippen LogP contribution in [-0.4, -0.2) is 47.0 Å². The van der Waals surface area contributed by atoms with E-state index in [2.05, 4.69) is 17.6 Å².